The molecule has 1 amide bonds. The Morgan fingerprint density at radius 2 is 2.04 bits per heavy atom. The zero-order chi connectivity index (χ0) is 17.1. The van der Waals surface area contributed by atoms with Crippen LogP contribution < -0.4 is 5.32 Å². The van der Waals surface area contributed by atoms with E-state index in [0.29, 0.717) is 18.3 Å². The van der Waals surface area contributed by atoms with Gasteiger partial charge in [-0.2, -0.15) is 0 Å². The fourth-order valence-corrected chi connectivity index (χ4v) is 3.25. The molecule has 23 heavy (non-hydrogen) atoms. The number of carbonyl (C=O) groups excluding carboxylic acids is 1. The monoisotopic (exact) mass is 323 g/mol. The minimum absolute atomic E-state index is 0.254. The number of furan rings is 1. The van der Waals surface area contributed by atoms with Crippen LogP contribution in [0.4, 0.5) is 0 Å². The summed E-state index contributed by atoms with van der Waals surface area (Å²) in [6.45, 7) is 7.35. The zero-order valence-electron chi connectivity index (χ0n) is 14.6. The van der Waals surface area contributed by atoms with Gasteiger partial charge < -0.3 is 19.6 Å². The lowest BCUT2D eigenvalue weighted by Crippen LogP contribution is -2.46. The minimum atomic E-state index is -0.806. The molecule has 5 heteroatoms. The Hall–Kier alpha value is -1.33. The highest BCUT2D eigenvalue weighted by Gasteiger charge is 2.37. The van der Waals surface area contributed by atoms with Crippen LogP contribution in [0.5, 0.6) is 0 Å². The van der Waals surface area contributed by atoms with Crippen molar-refractivity contribution < 1.29 is 19.1 Å². The SMILES string of the molecule is COCc1ccc(C(=O)NCC2(O)CCC(C(C)(C)C)CC2)o1. The predicted molar refractivity (Wildman–Crippen MR) is 88.1 cm³/mol. The largest absolute Gasteiger partial charge is 0.453 e. The Morgan fingerprint density at radius 3 is 2.61 bits per heavy atom. The van der Waals surface area contributed by atoms with Crippen molar-refractivity contribution in [1.82, 2.24) is 5.32 Å². The van der Waals surface area contributed by atoms with Gasteiger partial charge in [0, 0.05) is 13.7 Å². The maximum absolute atomic E-state index is 12.1. The van der Waals surface area contributed by atoms with Gasteiger partial charge in [-0.05, 0) is 49.1 Å². The van der Waals surface area contributed by atoms with Crippen molar-refractivity contribution in [2.24, 2.45) is 11.3 Å². The first-order valence-corrected chi connectivity index (χ1v) is 8.32. The van der Waals surface area contributed by atoms with Crippen LogP contribution in [-0.4, -0.2) is 30.3 Å². The molecule has 0 aliphatic heterocycles. The first kappa shape index (κ1) is 18.0. The molecule has 2 rings (SSSR count). The van der Waals surface area contributed by atoms with Gasteiger partial charge >= 0.3 is 0 Å². The maximum Gasteiger partial charge on any atom is 0.287 e. The summed E-state index contributed by atoms with van der Waals surface area (Å²) in [5, 5.41) is 13.5. The third-order valence-electron chi connectivity index (χ3n) is 4.89. The van der Waals surface area contributed by atoms with E-state index in [0.717, 1.165) is 25.7 Å². The highest BCUT2D eigenvalue weighted by atomic mass is 16.5. The highest BCUT2D eigenvalue weighted by molar-refractivity contribution is 5.91. The lowest BCUT2D eigenvalue weighted by Gasteiger charge is -2.41. The molecular weight excluding hydrogens is 294 g/mol. The average Bonchev–Trinajstić information content (AvgIpc) is 2.93. The average molecular weight is 323 g/mol. The quantitative estimate of drug-likeness (QED) is 0.873. The molecule has 1 heterocycles. The third kappa shape index (κ3) is 4.82. The summed E-state index contributed by atoms with van der Waals surface area (Å²) in [5.41, 5.74) is -0.532. The van der Waals surface area contributed by atoms with Crippen molar-refractivity contribution >= 4 is 5.91 Å². The van der Waals surface area contributed by atoms with E-state index >= 15 is 0 Å². The van der Waals surface area contributed by atoms with Crippen LogP contribution in [0.3, 0.4) is 0 Å². The number of hydrogen-bond donors (Lipinski definition) is 2. The first-order valence-electron chi connectivity index (χ1n) is 8.32. The number of methoxy groups -OCH3 is 1. The van der Waals surface area contributed by atoms with Crippen molar-refractivity contribution in [3.8, 4) is 0 Å². The summed E-state index contributed by atoms with van der Waals surface area (Å²) in [5.74, 6) is 1.20. The van der Waals surface area contributed by atoms with Crippen LogP contribution in [0.1, 0.15) is 62.8 Å². The molecule has 0 saturated heterocycles. The normalized spacial score (nSPS) is 25.3. The van der Waals surface area contributed by atoms with E-state index in [4.69, 9.17) is 9.15 Å². The number of rotatable bonds is 5. The summed E-state index contributed by atoms with van der Waals surface area (Å²) in [6, 6.07) is 3.35. The van der Waals surface area contributed by atoms with E-state index in [1.807, 2.05) is 0 Å². The topological polar surface area (TPSA) is 71.7 Å². The molecule has 1 aromatic rings. The Morgan fingerprint density at radius 1 is 1.39 bits per heavy atom. The van der Waals surface area contributed by atoms with Gasteiger partial charge in [-0.15, -0.1) is 0 Å². The van der Waals surface area contributed by atoms with Crippen molar-refractivity contribution in [3.05, 3.63) is 23.7 Å². The van der Waals surface area contributed by atoms with Gasteiger partial charge in [-0.25, -0.2) is 0 Å². The van der Waals surface area contributed by atoms with E-state index in [-0.39, 0.29) is 23.6 Å². The number of nitrogens with one attached hydrogen (secondary N) is 1. The number of ether oxygens (including phenoxy) is 1. The second-order valence-corrected chi connectivity index (χ2v) is 7.75. The van der Waals surface area contributed by atoms with Gasteiger partial charge in [-0.3, -0.25) is 4.79 Å². The van der Waals surface area contributed by atoms with E-state index in [9.17, 15) is 9.90 Å². The molecular formula is C18H29NO4. The number of aliphatic hydroxyl groups is 1. The van der Waals surface area contributed by atoms with Crippen LogP contribution in [0.2, 0.25) is 0 Å². The zero-order valence-corrected chi connectivity index (χ0v) is 14.6. The van der Waals surface area contributed by atoms with E-state index < -0.39 is 5.60 Å². The second-order valence-electron chi connectivity index (χ2n) is 7.75. The molecule has 1 aliphatic rings. The van der Waals surface area contributed by atoms with Gasteiger partial charge in [0.15, 0.2) is 5.76 Å². The Kier molecular flexibility index (Phi) is 5.53. The van der Waals surface area contributed by atoms with Crippen LogP contribution >= 0.6 is 0 Å². The molecule has 1 saturated carbocycles. The summed E-state index contributed by atoms with van der Waals surface area (Å²) in [7, 11) is 1.58. The third-order valence-corrected chi connectivity index (χ3v) is 4.89. The lowest BCUT2D eigenvalue weighted by molar-refractivity contribution is -0.0230. The fourth-order valence-electron chi connectivity index (χ4n) is 3.25. The molecule has 2 N–H and O–H groups in total. The molecule has 1 aliphatic carbocycles. The first-order chi connectivity index (χ1) is 10.7. The molecule has 1 fully saturated rings. The molecule has 0 bridgehead atoms. The van der Waals surface area contributed by atoms with Gasteiger partial charge in [0.1, 0.15) is 12.4 Å². The number of carbonyl (C=O) groups is 1. The van der Waals surface area contributed by atoms with E-state index in [2.05, 4.69) is 26.1 Å². The molecule has 5 nitrogen and oxygen atoms in total. The summed E-state index contributed by atoms with van der Waals surface area (Å²) >= 11 is 0. The van der Waals surface area contributed by atoms with Crippen molar-refractivity contribution in [3.63, 3.8) is 0 Å². The van der Waals surface area contributed by atoms with Gasteiger partial charge in [0.2, 0.25) is 0 Å². The van der Waals surface area contributed by atoms with Crippen molar-refractivity contribution in [2.45, 2.75) is 58.7 Å². The van der Waals surface area contributed by atoms with E-state index in [1.54, 1.807) is 19.2 Å². The fraction of sp³-hybridized carbons (Fsp3) is 0.722. The Balaban J connectivity index is 1.84. The summed E-state index contributed by atoms with van der Waals surface area (Å²) in [4.78, 5) is 12.1. The van der Waals surface area contributed by atoms with E-state index in [1.165, 1.54) is 0 Å². The standard InChI is InChI=1S/C18H29NO4/c1-17(2,3)13-7-9-18(21,10-8-13)12-19-16(20)15-6-5-14(23-15)11-22-4/h5-6,13,21H,7-12H2,1-4H3,(H,19,20). The van der Waals surface area contributed by atoms with Gasteiger partial charge in [0.25, 0.3) is 5.91 Å². The Labute approximate surface area is 138 Å². The molecule has 0 atom stereocenters. The molecule has 0 radical (unpaired) electrons. The molecule has 0 spiro atoms. The molecule has 0 unspecified atom stereocenters. The molecule has 0 aromatic carbocycles. The summed E-state index contributed by atoms with van der Waals surface area (Å²) < 4.78 is 10.4. The lowest BCUT2D eigenvalue weighted by atomic mass is 9.68. The minimum Gasteiger partial charge on any atom is -0.453 e. The second kappa shape index (κ2) is 7.05. The maximum atomic E-state index is 12.1. The number of hydrogen-bond acceptors (Lipinski definition) is 4. The van der Waals surface area contributed by atoms with Crippen molar-refractivity contribution in [1.29, 1.82) is 0 Å². The predicted octanol–water partition coefficient (Wildman–Crippen LogP) is 3.12. The highest BCUT2D eigenvalue weighted by Crippen LogP contribution is 2.41. The van der Waals surface area contributed by atoms with Crippen LogP contribution in [-0.2, 0) is 11.3 Å². The van der Waals surface area contributed by atoms with Crippen LogP contribution in [0.15, 0.2) is 16.5 Å². The summed E-state index contributed by atoms with van der Waals surface area (Å²) in [6.07, 6.45) is 3.44. The smallest absolute Gasteiger partial charge is 0.287 e. The molecule has 130 valence electrons. The molecule has 1 aromatic heterocycles. The Bertz CT molecular complexity index is 521. The van der Waals surface area contributed by atoms with Crippen molar-refractivity contribution in [2.75, 3.05) is 13.7 Å². The number of amides is 1. The van der Waals surface area contributed by atoms with Crippen LogP contribution in [0, 0.1) is 11.3 Å². The van der Waals surface area contributed by atoms with Gasteiger partial charge in [0.05, 0.1) is 5.60 Å². The van der Waals surface area contributed by atoms with Crippen LogP contribution in [0.25, 0.3) is 0 Å². The van der Waals surface area contributed by atoms with Gasteiger partial charge in [-0.1, -0.05) is 20.8 Å².